The molecular weight excluding hydrogens is 416 g/mol. The normalized spacial score (nSPS) is 16.3. The Balaban J connectivity index is 1.96. The molecule has 0 saturated carbocycles. The highest BCUT2D eigenvalue weighted by Crippen LogP contribution is 2.35. The molecule has 0 aromatic heterocycles. The molecule has 0 unspecified atom stereocenters. The van der Waals surface area contributed by atoms with Gasteiger partial charge in [-0.25, -0.2) is 0 Å². The third-order valence-corrected chi connectivity index (χ3v) is 5.32. The van der Waals surface area contributed by atoms with Crippen molar-refractivity contribution in [2.75, 3.05) is 0 Å². The lowest BCUT2D eigenvalue weighted by molar-refractivity contribution is -0.384. The zero-order chi connectivity index (χ0) is 19.6. The van der Waals surface area contributed by atoms with E-state index in [0.717, 1.165) is 4.90 Å². The Labute approximate surface area is 163 Å². The van der Waals surface area contributed by atoms with Gasteiger partial charge >= 0.3 is 0 Å². The largest absolute Gasteiger partial charge is 0.293 e. The molecule has 8 heteroatoms. The number of imide groups is 1. The fraction of sp³-hybridized carbons (Fsp3) is 0.211. The molecule has 1 heterocycles. The molecule has 1 saturated heterocycles. The predicted octanol–water partition coefficient (Wildman–Crippen LogP) is 3.43. The number of amides is 2. The molecule has 2 aromatic rings. The van der Waals surface area contributed by atoms with Gasteiger partial charge < -0.3 is 0 Å². The summed E-state index contributed by atoms with van der Waals surface area (Å²) in [6.45, 7) is 0. The van der Waals surface area contributed by atoms with E-state index in [9.17, 15) is 24.5 Å². The number of nitro groups is 1. The van der Waals surface area contributed by atoms with Crippen molar-refractivity contribution in [3.63, 3.8) is 0 Å². The van der Waals surface area contributed by atoms with Crippen molar-refractivity contribution in [3.8, 4) is 0 Å². The lowest BCUT2D eigenvalue weighted by Crippen LogP contribution is -2.40. The second-order valence-corrected chi connectivity index (χ2v) is 7.07. The molecule has 1 aliphatic rings. The summed E-state index contributed by atoms with van der Waals surface area (Å²) in [5.41, 5.74) is 0.780. The van der Waals surface area contributed by atoms with Crippen LogP contribution in [0.1, 0.15) is 34.8 Å². The van der Waals surface area contributed by atoms with E-state index in [2.05, 4.69) is 15.9 Å². The van der Waals surface area contributed by atoms with Crippen molar-refractivity contribution < 1.29 is 19.3 Å². The third kappa shape index (κ3) is 3.80. The van der Waals surface area contributed by atoms with Gasteiger partial charge in [0.2, 0.25) is 11.8 Å². The van der Waals surface area contributed by atoms with Gasteiger partial charge in [0.15, 0.2) is 5.78 Å². The number of hydrogen-bond acceptors (Lipinski definition) is 5. The number of benzene rings is 2. The summed E-state index contributed by atoms with van der Waals surface area (Å²) in [5, 5.41) is 10.8. The minimum absolute atomic E-state index is 0.119. The number of rotatable bonds is 6. The van der Waals surface area contributed by atoms with Gasteiger partial charge in [0.1, 0.15) is 4.83 Å². The van der Waals surface area contributed by atoms with Crippen LogP contribution in [0.15, 0.2) is 54.6 Å². The van der Waals surface area contributed by atoms with Crippen LogP contribution in [-0.2, 0) is 9.59 Å². The lowest BCUT2D eigenvalue weighted by atomic mass is 9.96. The highest BCUT2D eigenvalue weighted by molar-refractivity contribution is 9.10. The second kappa shape index (κ2) is 7.79. The topological polar surface area (TPSA) is 97.6 Å². The molecule has 7 nitrogen and oxygen atoms in total. The number of nitrogens with zero attached hydrogens (tertiary/aromatic N) is 2. The first-order valence-corrected chi connectivity index (χ1v) is 9.14. The maximum Gasteiger partial charge on any atom is 0.269 e. The van der Waals surface area contributed by atoms with Gasteiger partial charge in [0.25, 0.3) is 5.69 Å². The molecule has 2 amide bonds. The molecule has 138 valence electrons. The number of ketones is 1. The minimum atomic E-state index is -0.882. The van der Waals surface area contributed by atoms with E-state index in [-0.39, 0.29) is 41.7 Å². The molecule has 0 spiro atoms. The van der Waals surface area contributed by atoms with Crippen LogP contribution in [0.5, 0.6) is 0 Å². The molecule has 27 heavy (non-hydrogen) atoms. The molecule has 0 radical (unpaired) electrons. The predicted molar refractivity (Wildman–Crippen MR) is 100 cm³/mol. The van der Waals surface area contributed by atoms with Crippen LogP contribution in [0, 0.1) is 10.1 Å². The Hall–Kier alpha value is -2.87. The molecule has 1 aliphatic heterocycles. The average Bonchev–Trinajstić information content (AvgIpc) is 3.01. The fourth-order valence-electron chi connectivity index (χ4n) is 3.05. The van der Waals surface area contributed by atoms with Crippen molar-refractivity contribution in [2.24, 2.45) is 0 Å². The van der Waals surface area contributed by atoms with Crippen molar-refractivity contribution in [1.82, 2.24) is 4.90 Å². The van der Waals surface area contributed by atoms with Crippen LogP contribution in [0.3, 0.4) is 0 Å². The van der Waals surface area contributed by atoms with Gasteiger partial charge in [-0.2, -0.15) is 0 Å². The number of alkyl halides is 1. The van der Waals surface area contributed by atoms with Crippen molar-refractivity contribution >= 4 is 39.2 Å². The van der Waals surface area contributed by atoms with Gasteiger partial charge in [-0.3, -0.25) is 29.4 Å². The third-order valence-electron chi connectivity index (χ3n) is 4.40. The quantitative estimate of drug-likeness (QED) is 0.230. The van der Waals surface area contributed by atoms with E-state index in [4.69, 9.17) is 0 Å². The summed E-state index contributed by atoms with van der Waals surface area (Å²) in [5.74, 6) is -1.02. The van der Waals surface area contributed by atoms with Crippen LogP contribution < -0.4 is 0 Å². The Morgan fingerprint density at radius 1 is 1.00 bits per heavy atom. The van der Waals surface area contributed by atoms with Crippen molar-refractivity contribution in [2.45, 2.75) is 23.7 Å². The first-order valence-electron chi connectivity index (χ1n) is 8.22. The molecule has 0 bridgehead atoms. The van der Waals surface area contributed by atoms with Crippen molar-refractivity contribution in [3.05, 3.63) is 75.8 Å². The van der Waals surface area contributed by atoms with Crippen molar-refractivity contribution in [1.29, 1.82) is 0 Å². The van der Waals surface area contributed by atoms with Gasteiger partial charge in [-0.05, 0) is 17.7 Å². The number of carbonyl (C=O) groups is 3. The second-order valence-electron chi connectivity index (χ2n) is 6.08. The highest BCUT2D eigenvalue weighted by Gasteiger charge is 2.41. The standard InChI is InChI=1S/C19H15BrN2O5/c20-17(19(25)13-6-8-14(9-7-13)22(26)27)18(12-4-2-1-3-5-12)21-15(23)10-11-16(21)24/h1-9,17-18H,10-11H2/t17-,18-/m1/s1. The van der Waals surface area contributed by atoms with Gasteiger partial charge in [0.05, 0.1) is 11.0 Å². The number of carbonyl (C=O) groups excluding carboxylic acids is 3. The Morgan fingerprint density at radius 2 is 1.56 bits per heavy atom. The Morgan fingerprint density at radius 3 is 2.07 bits per heavy atom. The van der Waals surface area contributed by atoms with E-state index in [1.54, 1.807) is 30.3 Å². The molecule has 0 N–H and O–H groups in total. The number of halogens is 1. The van der Waals surface area contributed by atoms with E-state index in [1.807, 2.05) is 0 Å². The summed E-state index contributed by atoms with van der Waals surface area (Å²) in [4.78, 5) is 48.0. The number of non-ortho nitro benzene ring substituents is 1. The SMILES string of the molecule is O=C(c1ccc([N+](=O)[O-])cc1)[C@H](Br)[C@@H](c1ccccc1)N1C(=O)CCC1=O. The van der Waals surface area contributed by atoms with E-state index in [0.29, 0.717) is 5.56 Å². The zero-order valence-corrected chi connectivity index (χ0v) is 15.7. The van der Waals surface area contributed by atoms with E-state index >= 15 is 0 Å². The number of hydrogen-bond donors (Lipinski definition) is 0. The number of Topliss-reactive ketones (excluding diaryl/α,β-unsaturated/α-hetero) is 1. The smallest absolute Gasteiger partial charge is 0.269 e. The molecule has 1 fully saturated rings. The average molecular weight is 431 g/mol. The van der Waals surface area contributed by atoms with Crippen LogP contribution in [0.4, 0.5) is 5.69 Å². The Kier molecular flexibility index (Phi) is 5.46. The minimum Gasteiger partial charge on any atom is -0.293 e. The van der Waals surface area contributed by atoms with Crippen LogP contribution in [0.2, 0.25) is 0 Å². The zero-order valence-electron chi connectivity index (χ0n) is 14.1. The van der Waals surface area contributed by atoms with Crippen LogP contribution in [-0.4, -0.2) is 32.2 Å². The maximum atomic E-state index is 12.9. The Bertz CT molecular complexity index is 882. The monoisotopic (exact) mass is 430 g/mol. The van der Waals surface area contributed by atoms with Gasteiger partial charge in [-0.1, -0.05) is 46.3 Å². The van der Waals surface area contributed by atoms with E-state index in [1.165, 1.54) is 24.3 Å². The summed E-state index contributed by atoms with van der Waals surface area (Å²) < 4.78 is 0. The summed E-state index contributed by atoms with van der Waals surface area (Å²) in [6.07, 6.45) is 0.237. The summed E-state index contributed by atoms with van der Waals surface area (Å²) in [7, 11) is 0. The fourth-order valence-corrected chi connectivity index (χ4v) is 3.86. The lowest BCUT2D eigenvalue weighted by Gasteiger charge is -2.30. The maximum absolute atomic E-state index is 12.9. The summed E-state index contributed by atoms with van der Waals surface area (Å²) >= 11 is 3.37. The highest BCUT2D eigenvalue weighted by atomic mass is 79.9. The molecule has 3 rings (SSSR count). The number of nitro benzene ring substituents is 1. The molecule has 2 aromatic carbocycles. The first kappa shape index (κ1) is 18.9. The van der Waals surface area contributed by atoms with Gasteiger partial charge in [-0.15, -0.1) is 0 Å². The van der Waals surface area contributed by atoms with Crippen LogP contribution in [0.25, 0.3) is 0 Å². The van der Waals surface area contributed by atoms with E-state index < -0.39 is 15.8 Å². The summed E-state index contributed by atoms with van der Waals surface area (Å²) in [6, 6.07) is 13.3. The number of likely N-dealkylation sites (tertiary alicyclic amines) is 1. The molecule has 0 aliphatic carbocycles. The molecular formula is C19H15BrN2O5. The van der Waals surface area contributed by atoms with Crippen LogP contribution >= 0.6 is 15.9 Å². The first-order chi connectivity index (χ1) is 12.9. The van der Waals surface area contributed by atoms with Gasteiger partial charge in [0, 0.05) is 30.5 Å². The molecule has 2 atom stereocenters.